The maximum Gasteiger partial charge on any atom is 0.451 e. The van der Waals surface area contributed by atoms with Crippen molar-refractivity contribution in [1.82, 2.24) is 14.9 Å². The molecule has 1 aromatic heterocycles. The number of carbonyl (C=O) groups is 1. The summed E-state index contributed by atoms with van der Waals surface area (Å²) in [5.74, 6) is -1.14. The largest absolute Gasteiger partial charge is 0.451 e. The summed E-state index contributed by atoms with van der Waals surface area (Å²) in [6.07, 6.45) is -4.68. The van der Waals surface area contributed by atoms with E-state index in [0.717, 1.165) is 5.56 Å². The van der Waals surface area contributed by atoms with Gasteiger partial charge in [0.2, 0.25) is 5.82 Å². The molecule has 1 N–H and O–H groups in total. The number of carbonyl (C=O) groups excluding carboxylic acids is 1. The SMILES string of the molecule is CC1CN(C(=O)c2ccc(CNc3nc(C(F)(F)F)nc4ccccc34)cc2)CC(C)O1. The number of para-hydroxylation sites is 1. The maximum atomic E-state index is 13.2. The minimum atomic E-state index is -4.64. The lowest BCUT2D eigenvalue weighted by Crippen LogP contribution is -2.48. The van der Waals surface area contributed by atoms with Crippen LogP contribution in [0.5, 0.6) is 0 Å². The van der Waals surface area contributed by atoms with Crippen LogP contribution < -0.4 is 5.32 Å². The third kappa shape index (κ3) is 4.83. The van der Waals surface area contributed by atoms with Gasteiger partial charge < -0.3 is 15.0 Å². The third-order valence-electron chi connectivity index (χ3n) is 5.22. The van der Waals surface area contributed by atoms with E-state index in [1.54, 1.807) is 47.4 Å². The number of aromatic nitrogens is 2. The number of nitrogens with one attached hydrogen (secondary N) is 1. The first kappa shape index (κ1) is 22.0. The van der Waals surface area contributed by atoms with Crippen molar-refractivity contribution in [2.75, 3.05) is 18.4 Å². The van der Waals surface area contributed by atoms with Gasteiger partial charge in [0.05, 0.1) is 17.7 Å². The summed E-state index contributed by atoms with van der Waals surface area (Å²) in [4.78, 5) is 21.9. The van der Waals surface area contributed by atoms with Gasteiger partial charge in [-0.25, -0.2) is 9.97 Å². The number of alkyl halides is 3. The van der Waals surface area contributed by atoms with Crippen LogP contribution >= 0.6 is 0 Å². The summed E-state index contributed by atoms with van der Waals surface area (Å²) in [7, 11) is 0. The summed E-state index contributed by atoms with van der Waals surface area (Å²) >= 11 is 0. The molecule has 0 radical (unpaired) electrons. The lowest BCUT2D eigenvalue weighted by molar-refractivity contribution is -0.144. The lowest BCUT2D eigenvalue weighted by Gasteiger charge is -2.35. The molecular formula is C23H23F3N4O2. The number of hydrogen-bond donors (Lipinski definition) is 1. The van der Waals surface area contributed by atoms with E-state index in [9.17, 15) is 18.0 Å². The predicted octanol–water partition coefficient (Wildman–Crippen LogP) is 4.51. The minimum Gasteiger partial charge on any atom is -0.372 e. The standard InChI is InChI=1S/C23H23F3N4O2/c1-14-12-30(13-15(2)32-14)21(31)17-9-7-16(8-10-17)11-27-20-18-5-3-4-6-19(18)28-22(29-20)23(24,25)26/h3-10,14-15H,11-13H2,1-2H3,(H,27,28,29). The van der Waals surface area contributed by atoms with Crippen LogP contribution in [0.25, 0.3) is 10.9 Å². The normalized spacial score (nSPS) is 19.2. The van der Waals surface area contributed by atoms with E-state index in [0.29, 0.717) is 24.0 Å². The summed E-state index contributed by atoms with van der Waals surface area (Å²) in [5.41, 5.74) is 1.58. The Morgan fingerprint density at radius 3 is 2.38 bits per heavy atom. The molecule has 168 valence electrons. The second kappa shape index (κ2) is 8.74. The second-order valence-corrected chi connectivity index (χ2v) is 7.93. The monoisotopic (exact) mass is 444 g/mol. The molecule has 1 amide bonds. The van der Waals surface area contributed by atoms with E-state index < -0.39 is 12.0 Å². The number of fused-ring (bicyclic) bond motifs is 1. The van der Waals surface area contributed by atoms with Gasteiger partial charge in [0.25, 0.3) is 5.91 Å². The number of nitrogens with zero attached hydrogens (tertiary/aromatic N) is 3. The van der Waals surface area contributed by atoms with Gasteiger partial charge in [0.15, 0.2) is 0 Å². The van der Waals surface area contributed by atoms with Crippen molar-refractivity contribution in [2.45, 2.75) is 38.8 Å². The molecule has 1 aliphatic rings. The van der Waals surface area contributed by atoms with Crippen LogP contribution in [0, 0.1) is 0 Å². The van der Waals surface area contributed by atoms with Gasteiger partial charge in [0, 0.05) is 30.6 Å². The molecule has 0 saturated carbocycles. The smallest absolute Gasteiger partial charge is 0.372 e. The Morgan fingerprint density at radius 1 is 1.06 bits per heavy atom. The van der Waals surface area contributed by atoms with E-state index in [-0.39, 0.29) is 36.0 Å². The van der Waals surface area contributed by atoms with Crippen molar-refractivity contribution >= 4 is 22.6 Å². The molecule has 4 rings (SSSR count). The first-order chi connectivity index (χ1) is 15.2. The molecule has 32 heavy (non-hydrogen) atoms. The highest BCUT2D eigenvalue weighted by atomic mass is 19.4. The highest BCUT2D eigenvalue weighted by Crippen LogP contribution is 2.30. The van der Waals surface area contributed by atoms with Crippen LogP contribution in [0.15, 0.2) is 48.5 Å². The highest BCUT2D eigenvalue weighted by molar-refractivity contribution is 5.94. The Morgan fingerprint density at radius 2 is 1.72 bits per heavy atom. The van der Waals surface area contributed by atoms with E-state index in [1.165, 1.54) is 6.07 Å². The fourth-order valence-corrected chi connectivity index (χ4v) is 3.82. The summed E-state index contributed by atoms with van der Waals surface area (Å²) < 4.78 is 45.2. The fraction of sp³-hybridized carbons (Fsp3) is 0.348. The van der Waals surface area contributed by atoms with Crippen LogP contribution in [0.2, 0.25) is 0 Å². The number of ether oxygens (including phenoxy) is 1. The molecule has 1 aliphatic heterocycles. The van der Waals surface area contributed by atoms with Gasteiger partial charge in [-0.1, -0.05) is 24.3 Å². The molecular weight excluding hydrogens is 421 g/mol. The molecule has 0 bridgehead atoms. The number of hydrogen-bond acceptors (Lipinski definition) is 5. The van der Waals surface area contributed by atoms with Crippen molar-refractivity contribution in [3.05, 3.63) is 65.5 Å². The molecule has 1 saturated heterocycles. The number of amides is 1. The minimum absolute atomic E-state index is 0.0181. The number of anilines is 1. The van der Waals surface area contributed by atoms with Gasteiger partial charge in [-0.3, -0.25) is 4.79 Å². The second-order valence-electron chi connectivity index (χ2n) is 7.93. The van der Waals surface area contributed by atoms with Crippen molar-refractivity contribution in [2.24, 2.45) is 0 Å². The topological polar surface area (TPSA) is 67.4 Å². The zero-order valence-corrected chi connectivity index (χ0v) is 17.7. The van der Waals surface area contributed by atoms with E-state index in [4.69, 9.17) is 4.74 Å². The Bertz CT molecular complexity index is 1110. The quantitative estimate of drug-likeness (QED) is 0.641. The number of morpholine rings is 1. The van der Waals surface area contributed by atoms with Gasteiger partial charge in [0.1, 0.15) is 5.82 Å². The van der Waals surface area contributed by atoms with E-state index in [2.05, 4.69) is 15.3 Å². The maximum absolute atomic E-state index is 13.2. The van der Waals surface area contributed by atoms with Crippen molar-refractivity contribution in [1.29, 1.82) is 0 Å². The van der Waals surface area contributed by atoms with Crippen molar-refractivity contribution in [3.63, 3.8) is 0 Å². The van der Waals surface area contributed by atoms with Crippen molar-refractivity contribution < 1.29 is 22.7 Å². The Hall–Kier alpha value is -3.20. The number of rotatable bonds is 4. The molecule has 9 heteroatoms. The molecule has 2 aromatic carbocycles. The molecule has 1 fully saturated rings. The molecule has 2 unspecified atom stereocenters. The van der Waals surface area contributed by atoms with Crippen molar-refractivity contribution in [3.8, 4) is 0 Å². The average Bonchev–Trinajstić information content (AvgIpc) is 2.76. The Balaban J connectivity index is 1.49. The zero-order valence-electron chi connectivity index (χ0n) is 17.7. The molecule has 2 heterocycles. The van der Waals surface area contributed by atoms with Gasteiger partial charge >= 0.3 is 6.18 Å². The van der Waals surface area contributed by atoms with Crippen LogP contribution in [0.4, 0.5) is 19.0 Å². The Kier molecular flexibility index (Phi) is 6.01. The first-order valence-electron chi connectivity index (χ1n) is 10.3. The predicted molar refractivity (Wildman–Crippen MR) is 114 cm³/mol. The Labute approximate surface area is 183 Å². The average molecular weight is 444 g/mol. The highest BCUT2D eigenvalue weighted by Gasteiger charge is 2.35. The molecule has 2 atom stereocenters. The molecule has 0 aliphatic carbocycles. The fourth-order valence-electron chi connectivity index (χ4n) is 3.82. The van der Waals surface area contributed by atoms with E-state index in [1.807, 2.05) is 13.8 Å². The molecule has 6 nitrogen and oxygen atoms in total. The third-order valence-corrected chi connectivity index (χ3v) is 5.22. The summed E-state index contributed by atoms with van der Waals surface area (Å²) in [6, 6.07) is 13.5. The van der Waals surface area contributed by atoms with E-state index >= 15 is 0 Å². The summed E-state index contributed by atoms with van der Waals surface area (Å²) in [5, 5.41) is 3.48. The summed E-state index contributed by atoms with van der Waals surface area (Å²) in [6.45, 7) is 5.19. The number of benzene rings is 2. The van der Waals surface area contributed by atoms with Crippen LogP contribution in [-0.4, -0.2) is 46.1 Å². The van der Waals surface area contributed by atoms with Gasteiger partial charge in [-0.05, 0) is 43.7 Å². The molecule has 0 spiro atoms. The molecule has 3 aromatic rings. The number of halogens is 3. The van der Waals surface area contributed by atoms with Crippen LogP contribution in [0.1, 0.15) is 35.6 Å². The van der Waals surface area contributed by atoms with Gasteiger partial charge in [-0.2, -0.15) is 13.2 Å². The zero-order chi connectivity index (χ0) is 22.9. The lowest BCUT2D eigenvalue weighted by atomic mass is 10.1. The van der Waals surface area contributed by atoms with Gasteiger partial charge in [-0.15, -0.1) is 0 Å². The first-order valence-corrected chi connectivity index (χ1v) is 10.3. The van der Waals surface area contributed by atoms with Crippen LogP contribution in [0.3, 0.4) is 0 Å². The van der Waals surface area contributed by atoms with Crippen LogP contribution in [-0.2, 0) is 17.5 Å².